The second kappa shape index (κ2) is 7.10. The molecule has 0 saturated heterocycles. The minimum absolute atomic E-state index is 0.111. The minimum Gasteiger partial charge on any atom is -0.481 e. The molecule has 2 aromatic heterocycles. The number of carboxylic acids is 2. The first kappa shape index (κ1) is 18.4. The predicted molar refractivity (Wildman–Crippen MR) is 96.7 cm³/mol. The summed E-state index contributed by atoms with van der Waals surface area (Å²) in [7, 11) is 0. The third-order valence-electron chi connectivity index (χ3n) is 3.53. The molecule has 0 aliphatic carbocycles. The van der Waals surface area contributed by atoms with Crippen LogP contribution in [-0.2, 0) is 27.4 Å². The summed E-state index contributed by atoms with van der Waals surface area (Å²) >= 11 is 3.67. The van der Waals surface area contributed by atoms with E-state index in [4.69, 9.17) is 14.9 Å². The summed E-state index contributed by atoms with van der Waals surface area (Å²) in [4.78, 5) is 32.5. The van der Waals surface area contributed by atoms with E-state index in [1.807, 2.05) is 13.8 Å². The van der Waals surface area contributed by atoms with Gasteiger partial charge in [-0.05, 0) is 19.4 Å². The quantitative estimate of drug-likeness (QED) is 0.429. The Morgan fingerprint density at radius 1 is 1.20 bits per heavy atom. The zero-order valence-corrected chi connectivity index (χ0v) is 16.0. The summed E-state index contributed by atoms with van der Waals surface area (Å²) < 4.78 is 5.85. The van der Waals surface area contributed by atoms with Gasteiger partial charge in [0, 0.05) is 16.7 Å². The number of nitrogens with zero attached hydrogens (tertiary/aromatic N) is 2. The Morgan fingerprint density at radius 3 is 2.56 bits per heavy atom. The van der Waals surface area contributed by atoms with Crippen molar-refractivity contribution in [2.75, 3.05) is 11.5 Å². The number of aliphatic carboxylic acids is 2. The van der Waals surface area contributed by atoms with Crippen molar-refractivity contribution in [2.24, 2.45) is 0 Å². The summed E-state index contributed by atoms with van der Waals surface area (Å²) in [6.07, 6.45) is 0.702. The number of hydrogen-bond donors (Lipinski definition) is 2. The van der Waals surface area contributed by atoms with Crippen LogP contribution < -0.4 is 0 Å². The van der Waals surface area contributed by atoms with Gasteiger partial charge in [0.2, 0.25) is 0 Å². The first-order valence-electron chi connectivity index (χ1n) is 7.40. The Hall–Kier alpha value is -1.36. The minimum atomic E-state index is -0.950. The summed E-state index contributed by atoms with van der Waals surface area (Å²) in [6, 6.07) is 0. The van der Waals surface area contributed by atoms with Crippen molar-refractivity contribution >= 4 is 57.0 Å². The second-order valence-corrected chi connectivity index (χ2v) is 9.08. The van der Waals surface area contributed by atoms with Crippen LogP contribution >= 0.6 is 34.9 Å². The second-order valence-electron chi connectivity index (χ2n) is 6.09. The molecule has 10 heteroatoms. The number of carbonyl (C=O) groups is 2. The van der Waals surface area contributed by atoms with E-state index in [-0.39, 0.29) is 17.1 Å². The number of fused-ring (bicyclic) bond motifs is 3. The molecule has 0 aromatic carbocycles. The van der Waals surface area contributed by atoms with Crippen LogP contribution in [0.2, 0.25) is 0 Å². The van der Waals surface area contributed by atoms with Gasteiger partial charge in [0.15, 0.2) is 5.16 Å². The average Bonchev–Trinajstić information content (AvgIpc) is 2.87. The number of thiophene rings is 1. The molecule has 1 aliphatic heterocycles. The average molecular weight is 401 g/mol. The molecule has 1 aliphatic rings. The Balaban J connectivity index is 2.07. The first-order chi connectivity index (χ1) is 11.7. The fourth-order valence-corrected chi connectivity index (χ4v) is 5.14. The van der Waals surface area contributed by atoms with Crippen molar-refractivity contribution in [2.45, 2.75) is 42.7 Å². The first-order valence-corrected chi connectivity index (χ1v) is 10.2. The lowest BCUT2D eigenvalue weighted by molar-refractivity contribution is -0.134. The fraction of sp³-hybridized carbons (Fsp3) is 0.467. The Morgan fingerprint density at radius 2 is 1.88 bits per heavy atom. The summed E-state index contributed by atoms with van der Waals surface area (Å²) in [6.45, 7) is 4.52. The SMILES string of the molecule is CC1(C)Cc2c(sc3nc(SCC(=O)O)nc(SCC(=O)O)c23)CO1. The van der Waals surface area contributed by atoms with Gasteiger partial charge in [0.1, 0.15) is 9.86 Å². The molecule has 3 rings (SSSR count). The highest BCUT2D eigenvalue weighted by molar-refractivity contribution is 8.00. The van der Waals surface area contributed by atoms with Crippen LogP contribution in [0.25, 0.3) is 10.2 Å². The van der Waals surface area contributed by atoms with Gasteiger partial charge < -0.3 is 14.9 Å². The van der Waals surface area contributed by atoms with Crippen LogP contribution in [-0.4, -0.2) is 49.2 Å². The van der Waals surface area contributed by atoms with Gasteiger partial charge in [0.25, 0.3) is 0 Å². The monoisotopic (exact) mass is 400 g/mol. The number of aromatic nitrogens is 2. The summed E-state index contributed by atoms with van der Waals surface area (Å²) in [5.41, 5.74) is 0.811. The van der Waals surface area contributed by atoms with Gasteiger partial charge in [-0.25, -0.2) is 9.97 Å². The lowest BCUT2D eigenvalue weighted by atomic mass is 9.95. The number of ether oxygens (including phenoxy) is 1. The molecule has 0 bridgehead atoms. The lowest BCUT2D eigenvalue weighted by Gasteiger charge is -2.30. The molecule has 0 fully saturated rings. The van der Waals surface area contributed by atoms with Gasteiger partial charge >= 0.3 is 11.9 Å². The number of thioether (sulfide) groups is 2. The maximum absolute atomic E-state index is 11.0. The van der Waals surface area contributed by atoms with Crippen molar-refractivity contribution in [3.05, 3.63) is 10.4 Å². The van der Waals surface area contributed by atoms with E-state index in [0.717, 1.165) is 44.2 Å². The van der Waals surface area contributed by atoms with Gasteiger partial charge in [-0.15, -0.1) is 11.3 Å². The largest absolute Gasteiger partial charge is 0.481 e. The summed E-state index contributed by atoms with van der Waals surface area (Å²) in [5, 5.41) is 19.7. The molecule has 0 spiro atoms. The van der Waals surface area contributed by atoms with Crippen LogP contribution in [0.4, 0.5) is 0 Å². The van der Waals surface area contributed by atoms with Crippen molar-refractivity contribution in [1.29, 1.82) is 0 Å². The van der Waals surface area contributed by atoms with Gasteiger partial charge in [0.05, 0.1) is 23.7 Å². The zero-order valence-electron chi connectivity index (χ0n) is 13.6. The topological polar surface area (TPSA) is 110 Å². The molecular weight excluding hydrogens is 384 g/mol. The third kappa shape index (κ3) is 4.25. The molecule has 0 saturated carbocycles. The van der Waals surface area contributed by atoms with Crippen LogP contribution in [0, 0.1) is 0 Å². The number of carboxylic acid groups (broad SMARTS) is 2. The predicted octanol–water partition coefficient (Wildman–Crippen LogP) is 2.90. The van der Waals surface area contributed by atoms with E-state index < -0.39 is 11.9 Å². The Kier molecular flexibility index (Phi) is 5.24. The molecular formula is C15H16N2O5S3. The summed E-state index contributed by atoms with van der Waals surface area (Å²) in [5.74, 6) is -2.13. The smallest absolute Gasteiger partial charge is 0.313 e. The van der Waals surface area contributed by atoms with Gasteiger partial charge in [-0.3, -0.25) is 9.59 Å². The highest BCUT2D eigenvalue weighted by Gasteiger charge is 2.31. The van der Waals surface area contributed by atoms with Crippen molar-refractivity contribution in [1.82, 2.24) is 9.97 Å². The van der Waals surface area contributed by atoms with E-state index >= 15 is 0 Å². The standard InChI is InChI=1S/C15H16N2O5S3/c1-15(2)3-7-8(4-22-15)25-13-11(7)12(23-5-9(18)19)16-14(17-13)24-6-10(20)21/h3-6H2,1-2H3,(H,18,19)(H,20,21). The molecule has 25 heavy (non-hydrogen) atoms. The number of rotatable bonds is 6. The van der Waals surface area contributed by atoms with Gasteiger partial charge in [-0.1, -0.05) is 23.5 Å². The molecule has 0 atom stereocenters. The van der Waals surface area contributed by atoms with E-state index in [1.54, 1.807) is 0 Å². The van der Waals surface area contributed by atoms with Crippen molar-refractivity contribution < 1.29 is 24.5 Å². The van der Waals surface area contributed by atoms with E-state index in [2.05, 4.69) is 9.97 Å². The third-order valence-corrected chi connectivity index (χ3v) is 6.43. The van der Waals surface area contributed by atoms with E-state index in [9.17, 15) is 9.59 Å². The molecule has 134 valence electrons. The van der Waals surface area contributed by atoms with Crippen molar-refractivity contribution in [3.8, 4) is 0 Å². The number of hydrogen-bond acceptors (Lipinski definition) is 8. The fourth-order valence-electron chi connectivity index (χ4n) is 2.52. The van der Waals surface area contributed by atoms with Crippen LogP contribution in [0.3, 0.4) is 0 Å². The lowest BCUT2D eigenvalue weighted by Crippen LogP contribution is -2.31. The Labute approximate surface area is 156 Å². The molecule has 0 unspecified atom stereocenters. The van der Waals surface area contributed by atoms with E-state index in [1.165, 1.54) is 11.3 Å². The highest BCUT2D eigenvalue weighted by atomic mass is 32.2. The van der Waals surface area contributed by atoms with Crippen molar-refractivity contribution in [3.63, 3.8) is 0 Å². The zero-order chi connectivity index (χ0) is 18.2. The molecule has 2 aromatic rings. The molecule has 7 nitrogen and oxygen atoms in total. The van der Waals surface area contributed by atoms with E-state index in [0.29, 0.717) is 23.2 Å². The molecule has 0 amide bonds. The molecule has 0 radical (unpaired) electrons. The van der Waals surface area contributed by atoms with Gasteiger partial charge in [-0.2, -0.15) is 0 Å². The normalized spacial score (nSPS) is 15.9. The van der Waals surface area contributed by atoms with Crippen LogP contribution in [0.15, 0.2) is 10.2 Å². The Bertz CT molecular complexity index is 849. The molecule has 3 heterocycles. The maximum atomic E-state index is 11.0. The van der Waals surface area contributed by atoms with Crippen LogP contribution in [0.1, 0.15) is 24.3 Å². The molecule has 2 N–H and O–H groups in total. The maximum Gasteiger partial charge on any atom is 0.313 e. The highest BCUT2D eigenvalue weighted by Crippen LogP contribution is 2.42. The van der Waals surface area contributed by atoms with Crippen LogP contribution in [0.5, 0.6) is 0 Å².